The van der Waals surface area contributed by atoms with Gasteiger partial charge >= 0.3 is 5.97 Å². The Hall–Kier alpha value is -1.69. The van der Waals surface area contributed by atoms with Crippen LogP contribution in [-0.4, -0.2) is 26.3 Å². The summed E-state index contributed by atoms with van der Waals surface area (Å²) in [6.07, 6.45) is 0. The molecule has 0 fully saturated rings. The molecular weight excluding hydrogens is 220 g/mol. The van der Waals surface area contributed by atoms with E-state index in [1.54, 1.807) is 0 Å². The van der Waals surface area contributed by atoms with Gasteiger partial charge in [0.05, 0.1) is 12.2 Å². The van der Waals surface area contributed by atoms with E-state index in [0.717, 1.165) is 6.07 Å². The normalized spacial score (nSPS) is 10.2. The van der Waals surface area contributed by atoms with E-state index in [0.29, 0.717) is 6.07 Å². The van der Waals surface area contributed by atoms with Gasteiger partial charge in [0.1, 0.15) is 6.61 Å². The highest BCUT2D eigenvalue weighted by atomic mass is 19.2. The van der Waals surface area contributed by atoms with E-state index in [2.05, 4.69) is 4.74 Å². The number of hydrogen-bond acceptors (Lipinski definition) is 4. The molecule has 88 valence electrons. The largest absolute Gasteiger partial charge is 0.460 e. The van der Waals surface area contributed by atoms with Crippen LogP contribution < -0.4 is 5.73 Å². The molecular formula is C10H11F2NO3. The first kappa shape index (κ1) is 12.4. The molecule has 1 aromatic rings. The average molecular weight is 231 g/mol. The van der Waals surface area contributed by atoms with Crippen molar-refractivity contribution in [2.45, 2.75) is 0 Å². The number of ether oxygens (including phenoxy) is 2. The molecule has 0 aliphatic carbocycles. The summed E-state index contributed by atoms with van der Waals surface area (Å²) in [7, 11) is 1.44. The Morgan fingerprint density at radius 3 is 2.56 bits per heavy atom. The molecule has 4 nitrogen and oxygen atoms in total. The number of carbonyl (C=O) groups excluding carboxylic acids is 1. The van der Waals surface area contributed by atoms with E-state index in [1.807, 2.05) is 0 Å². The third-order valence-electron chi connectivity index (χ3n) is 1.83. The van der Waals surface area contributed by atoms with Gasteiger partial charge in [-0.05, 0) is 6.07 Å². The van der Waals surface area contributed by atoms with Gasteiger partial charge in [0.25, 0.3) is 0 Å². The zero-order chi connectivity index (χ0) is 12.1. The molecule has 0 heterocycles. The molecule has 0 saturated carbocycles. The highest BCUT2D eigenvalue weighted by molar-refractivity contribution is 5.95. The quantitative estimate of drug-likeness (QED) is 0.482. The molecule has 0 aliphatic heterocycles. The minimum atomic E-state index is -1.15. The fourth-order valence-corrected chi connectivity index (χ4v) is 1.03. The van der Waals surface area contributed by atoms with E-state index >= 15 is 0 Å². The van der Waals surface area contributed by atoms with E-state index < -0.39 is 17.6 Å². The fraction of sp³-hybridized carbons (Fsp3) is 0.300. The zero-order valence-corrected chi connectivity index (χ0v) is 8.63. The highest BCUT2D eigenvalue weighted by Crippen LogP contribution is 2.17. The minimum absolute atomic E-state index is 0.0216. The second-order valence-electron chi connectivity index (χ2n) is 2.98. The lowest BCUT2D eigenvalue weighted by molar-refractivity contribution is 0.0388. The number of benzene rings is 1. The van der Waals surface area contributed by atoms with E-state index in [9.17, 15) is 13.6 Å². The van der Waals surface area contributed by atoms with Crippen molar-refractivity contribution < 1.29 is 23.0 Å². The molecule has 0 aliphatic rings. The maximum absolute atomic E-state index is 12.8. The molecule has 0 aromatic heterocycles. The maximum Gasteiger partial charge on any atom is 0.340 e. The van der Waals surface area contributed by atoms with Crippen molar-refractivity contribution in [3.63, 3.8) is 0 Å². The molecule has 1 aromatic carbocycles. The lowest BCUT2D eigenvalue weighted by atomic mass is 10.1. The van der Waals surface area contributed by atoms with Crippen LogP contribution >= 0.6 is 0 Å². The van der Waals surface area contributed by atoms with Crippen molar-refractivity contribution >= 4 is 11.7 Å². The van der Waals surface area contributed by atoms with Crippen LogP contribution in [0.3, 0.4) is 0 Å². The molecule has 0 spiro atoms. The Morgan fingerprint density at radius 2 is 1.94 bits per heavy atom. The monoisotopic (exact) mass is 231 g/mol. The predicted molar refractivity (Wildman–Crippen MR) is 52.9 cm³/mol. The van der Waals surface area contributed by atoms with E-state index in [-0.39, 0.29) is 24.5 Å². The lowest BCUT2D eigenvalue weighted by Crippen LogP contribution is -2.12. The maximum atomic E-state index is 12.8. The van der Waals surface area contributed by atoms with Crippen LogP contribution in [0, 0.1) is 11.6 Å². The first-order chi connectivity index (χ1) is 7.56. The summed E-state index contributed by atoms with van der Waals surface area (Å²) in [5.41, 5.74) is 4.99. The first-order valence-corrected chi connectivity index (χ1v) is 4.47. The molecule has 16 heavy (non-hydrogen) atoms. The Morgan fingerprint density at radius 1 is 1.31 bits per heavy atom. The summed E-state index contributed by atoms with van der Waals surface area (Å²) in [5, 5.41) is 0. The molecule has 0 atom stereocenters. The van der Waals surface area contributed by atoms with E-state index in [4.69, 9.17) is 10.5 Å². The van der Waals surface area contributed by atoms with Gasteiger partial charge < -0.3 is 15.2 Å². The van der Waals surface area contributed by atoms with Gasteiger partial charge in [0, 0.05) is 18.9 Å². The number of methoxy groups -OCH3 is 1. The molecule has 0 amide bonds. The van der Waals surface area contributed by atoms with Crippen molar-refractivity contribution in [3.8, 4) is 0 Å². The summed E-state index contributed by atoms with van der Waals surface area (Å²) in [5.74, 6) is -3.06. The number of esters is 1. The number of anilines is 1. The summed E-state index contributed by atoms with van der Waals surface area (Å²) < 4.78 is 34.9. The molecule has 0 saturated heterocycles. The minimum Gasteiger partial charge on any atom is -0.460 e. The molecule has 1 rings (SSSR count). The Kier molecular flexibility index (Phi) is 4.19. The summed E-state index contributed by atoms with van der Waals surface area (Å²) in [6, 6.07) is 1.45. The number of nitrogen functional groups attached to an aromatic ring is 1. The second kappa shape index (κ2) is 5.41. The van der Waals surface area contributed by atoms with Gasteiger partial charge in [0.2, 0.25) is 0 Å². The number of rotatable bonds is 4. The average Bonchev–Trinajstić information content (AvgIpc) is 2.23. The van der Waals surface area contributed by atoms with Gasteiger partial charge in [-0.25, -0.2) is 13.6 Å². The van der Waals surface area contributed by atoms with Crippen molar-refractivity contribution in [2.75, 3.05) is 26.1 Å². The number of nitrogens with two attached hydrogens (primary N) is 1. The molecule has 0 unspecified atom stereocenters. The van der Waals surface area contributed by atoms with Gasteiger partial charge in [-0.3, -0.25) is 0 Å². The van der Waals surface area contributed by atoms with Gasteiger partial charge in [-0.15, -0.1) is 0 Å². The van der Waals surface area contributed by atoms with Crippen LogP contribution in [0.1, 0.15) is 10.4 Å². The highest BCUT2D eigenvalue weighted by Gasteiger charge is 2.15. The van der Waals surface area contributed by atoms with Crippen LogP contribution in [0.2, 0.25) is 0 Å². The first-order valence-electron chi connectivity index (χ1n) is 4.47. The Balaban J connectivity index is 2.79. The molecule has 6 heteroatoms. The SMILES string of the molecule is COCCOC(=O)c1cc(F)c(F)cc1N. The number of halogens is 2. The number of hydrogen-bond donors (Lipinski definition) is 1. The zero-order valence-electron chi connectivity index (χ0n) is 8.63. The predicted octanol–water partition coefficient (Wildman–Crippen LogP) is 1.35. The third-order valence-corrected chi connectivity index (χ3v) is 1.83. The summed E-state index contributed by atoms with van der Waals surface area (Å²) >= 11 is 0. The van der Waals surface area contributed by atoms with Crippen LogP contribution in [0.25, 0.3) is 0 Å². The van der Waals surface area contributed by atoms with Gasteiger partial charge in [-0.1, -0.05) is 0 Å². The molecule has 0 bridgehead atoms. The smallest absolute Gasteiger partial charge is 0.340 e. The molecule has 2 N–H and O–H groups in total. The van der Waals surface area contributed by atoms with Gasteiger partial charge in [0.15, 0.2) is 11.6 Å². The van der Waals surface area contributed by atoms with Crippen molar-refractivity contribution in [1.82, 2.24) is 0 Å². The fourth-order valence-electron chi connectivity index (χ4n) is 1.03. The van der Waals surface area contributed by atoms with Crippen molar-refractivity contribution in [1.29, 1.82) is 0 Å². The lowest BCUT2D eigenvalue weighted by Gasteiger charge is -2.06. The van der Waals surface area contributed by atoms with Crippen LogP contribution in [0.5, 0.6) is 0 Å². The van der Waals surface area contributed by atoms with E-state index in [1.165, 1.54) is 7.11 Å². The van der Waals surface area contributed by atoms with Gasteiger partial charge in [-0.2, -0.15) is 0 Å². The second-order valence-corrected chi connectivity index (χ2v) is 2.98. The van der Waals surface area contributed by atoms with Crippen molar-refractivity contribution in [3.05, 3.63) is 29.3 Å². The Bertz CT molecular complexity index is 396. The standard InChI is InChI=1S/C10H11F2NO3/c1-15-2-3-16-10(14)6-4-7(11)8(12)5-9(6)13/h4-5H,2-3,13H2,1H3. The molecule has 0 radical (unpaired) electrons. The topological polar surface area (TPSA) is 61.5 Å². The third kappa shape index (κ3) is 2.90. The van der Waals surface area contributed by atoms with Crippen LogP contribution in [0.4, 0.5) is 14.5 Å². The Labute approximate surface area is 91.0 Å². The van der Waals surface area contributed by atoms with Crippen LogP contribution in [-0.2, 0) is 9.47 Å². The van der Waals surface area contributed by atoms with Crippen molar-refractivity contribution in [2.24, 2.45) is 0 Å². The summed E-state index contributed by atoms with van der Waals surface area (Å²) in [6.45, 7) is 0.239. The summed E-state index contributed by atoms with van der Waals surface area (Å²) in [4.78, 5) is 11.4. The van der Waals surface area contributed by atoms with Crippen LogP contribution in [0.15, 0.2) is 12.1 Å². The number of carbonyl (C=O) groups is 1.